The molecule has 3 aromatic carbocycles. The number of anilines is 1. The Hall–Kier alpha value is -3.72. The second kappa shape index (κ2) is 15.1. The number of rotatable bonds is 13. The number of hydrogen-bond acceptors (Lipinski definition) is 4. The van der Waals surface area contributed by atoms with Crippen LogP contribution in [-0.4, -0.2) is 50.0 Å². The van der Waals surface area contributed by atoms with Gasteiger partial charge in [0.1, 0.15) is 11.9 Å². The summed E-state index contributed by atoms with van der Waals surface area (Å²) in [5.74, 6) is -0.854. The van der Waals surface area contributed by atoms with Gasteiger partial charge in [-0.15, -0.1) is 0 Å². The van der Waals surface area contributed by atoms with Gasteiger partial charge >= 0.3 is 0 Å². The summed E-state index contributed by atoms with van der Waals surface area (Å²) >= 11 is 0. The van der Waals surface area contributed by atoms with E-state index >= 15 is 0 Å². The molecule has 1 fully saturated rings. The molecule has 1 aliphatic carbocycles. The molecular weight excluding hydrogens is 565 g/mol. The van der Waals surface area contributed by atoms with Gasteiger partial charge in [-0.2, -0.15) is 0 Å². The topological polar surface area (TPSA) is 86.8 Å². The van der Waals surface area contributed by atoms with Gasteiger partial charge in [0, 0.05) is 32.0 Å². The van der Waals surface area contributed by atoms with Crippen molar-refractivity contribution in [3.8, 4) is 0 Å². The molecule has 0 aromatic heterocycles. The molecule has 0 saturated heterocycles. The summed E-state index contributed by atoms with van der Waals surface area (Å²) in [6.45, 7) is 2.29. The lowest BCUT2D eigenvalue weighted by Crippen LogP contribution is -2.53. The predicted molar refractivity (Wildman–Crippen MR) is 169 cm³/mol. The zero-order chi connectivity index (χ0) is 30.8. The average molecular weight is 608 g/mol. The summed E-state index contributed by atoms with van der Waals surface area (Å²) in [6.07, 6.45) is 6.91. The van der Waals surface area contributed by atoms with Gasteiger partial charge in [-0.25, -0.2) is 12.8 Å². The van der Waals surface area contributed by atoms with Crippen molar-refractivity contribution in [1.29, 1.82) is 0 Å². The summed E-state index contributed by atoms with van der Waals surface area (Å²) < 4.78 is 39.8. The molecule has 1 aliphatic rings. The Morgan fingerprint density at radius 2 is 1.58 bits per heavy atom. The number of nitrogens with zero attached hydrogens (tertiary/aromatic N) is 2. The van der Waals surface area contributed by atoms with Gasteiger partial charge in [0.25, 0.3) is 0 Å². The second-order valence-corrected chi connectivity index (χ2v) is 13.3. The fourth-order valence-corrected chi connectivity index (χ4v) is 6.65. The van der Waals surface area contributed by atoms with Crippen molar-refractivity contribution >= 4 is 27.5 Å². The molecule has 230 valence electrons. The number of aryl methyl sites for hydroxylation is 1. The lowest BCUT2D eigenvalue weighted by molar-refractivity contribution is -0.141. The van der Waals surface area contributed by atoms with E-state index < -0.39 is 21.9 Å². The number of carbonyl (C=O) groups is 2. The minimum atomic E-state index is -3.67. The number of sulfonamides is 1. The summed E-state index contributed by atoms with van der Waals surface area (Å²) in [5, 5.41) is 3.24. The molecule has 3 aromatic rings. The van der Waals surface area contributed by atoms with E-state index in [-0.39, 0.29) is 43.8 Å². The highest BCUT2D eigenvalue weighted by Crippen LogP contribution is 2.23. The lowest BCUT2D eigenvalue weighted by Gasteiger charge is -2.34. The van der Waals surface area contributed by atoms with Gasteiger partial charge in [-0.05, 0) is 67.1 Å². The van der Waals surface area contributed by atoms with E-state index in [1.807, 2.05) is 61.5 Å². The molecule has 1 saturated carbocycles. The van der Waals surface area contributed by atoms with Crippen molar-refractivity contribution in [2.75, 3.05) is 17.1 Å². The van der Waals surface area contributed by atoms with Crippen LogP contribution >= 0.6 is 0 Å². The third-order valence-corrected chi connectivity index (χ3v) is 9.29. The lowest BCUT2D eigenvalue weighted by atomic mass is 9.94. The first-order chi connectivity index (χ1) is 20.6. The average Bonchev–Trinajstić information content (AvgIpc) is 2.99. The molecule has 0 bridgehead atoms. The zero-order valence-corrected chi connectivity index (χ0v) is 25.9. The Kier molecular flexibility index (Phi) is 11.3. The van der Waals surface area contributed by atoms with Crippen molar-refractivity contribution in [3.63, 3.8) is 0 Å². The van der Waals surface area contributed by atoms with Gasteiger partial charge in [0.05, 0.1) is 11.9 Å². The van der Waals surface area contributed by atoms with E-state index in [1.54, 1.807) is 4.90 Å². The van der Waals surface area contributed by atoms with Crippen molar-refractivity contribution in [2.45, 2.75) is 76.9 Å². The maximum atomic E-state index is 14.0. The van der Waals surface area contributed by atoms with Gasteiger partial charge in [0.15, 0.2) is 0 Å². The van der Waals surface area contributed by atoms with E-state index in [1.165, 1.54) is 35.0 Å². The molecule has 4 rings (SSSR count). The largest absolute Gasteiger partial charge is 0.352 e. The van der Waals surface area contributed by atoms with Crippen LogP contribution in [0.1, 0.15) is 61.6 Å². The standard InChI is InChI=1S/C34H42FN3O4S/c1-26-12-9-10-15-28(26)25-37(33(39)18-11-23-38(43(2,41)42)31-21-19-29(35)20-22-31)32(24-27-13-5-3-6-14-27)34(40)36-30-16-7-4-8-17-30/h3,5-6,9-10,12-15,19-22,30,32H,4,7-8,11,16-18,23-25H2,1-2H3,(H,36,40). The van der Waals surface area contributed by atoms with Gasteiger partial charge in [-0.1, -0.05) is 73.9 Å². The monoisotopic (exact) mass is 607 g/mol. The van der Waals surface area contributed by atoms with Gasteiger partial charge in [-0.3, -0.25) is 13.9 Å². The molecule has 0 spiro atoms. The Bertz CT molecular complexity index is 1460. The van der Waals surface area contributed by atoms with E-state index in [0.717, 1.165) is 48.6 Å². The fraction of sp³-hybridized carbons (Fsp3) is 0.412. The maximum absolute atomic E-state index is 14.0. The van der Waals surface area contributed by atoms with Crippen molar-refractivity contribution in [3.05, 3.63) is 101 Å². The normalized spacial score (nSPS) is 14.6. The summed E-state index contributed by atoms with van der Waals surface area (Å²) in [7, 11) is -3.67. The minimum absolute atomic E-state index is 0.0428. The molecule has 1 unspecified atom stereocenters. The third kappa shape index (κ3) is 9.38. The number of nitrogens with one attached hydrogen (secondary N) is 1. The smallest absolute Gasteiger partial charge is 0.243 e. The highest BCUT2D eigenvalue weighted by atomic mass is 32.2. The van der Waals surface area contributed by atoms with E-state index in [9.17, 15) is 22.4 Å². The summed E-state index contributed by atoms with van der Waals surface area (Å²) in [6, 6.07) is 22.1. The van der Waals surface area contributed by atoms with Crippen LogP contribution in [0.2, 0.25) is 0 Å². The zero-order valence-electron chi connectivity index (χ0n) is 25.0. The Morgan fingerprint density at radius 1 is 0.930 bits per heavy atom. The number of halogens is 1. The molecule has 43 heavy (non-hydrogen) atoms. The SMILES string of the molecule is Cc1ccccc1CN(C(=O)CCCN(c1ccc(F)cc1)S(C)(=O)=O)C(Cc1ccccc1)C(=O)NC1CCCCC1. The molecule has 1 N–H and O–H groups in total. The minimum Gasteiger partial charge on any atom is -0.352 e. The van der Waals surface area contributed by atoms with E-state index in [4.69, 9.17) is 0 Å². The quantitative estimate of drug-likeness (QED) is 0.267. The molecule has 0 heterocycles. The summed E-state index contributed by atoms with van der Waals surface area (Å²) in [4.78, 5) is 29.6. The number of benzene rings is 3. The Morgan fingerprint density at radius 3 is 2.23 bits per heavy atom. The van der Waals surface area contributed by atoms with Crippen LogP contribution in [0, 0.1) is 12.7 Å². The molecule has 7 nitrogen and oxygen atoms in total. The fourth-order valence-electron chi connectivity index (χ4n) is 5.68. The first-order valence-corrected chi connectivity index (χ1v) is 16.9. The molecule has 1 atom stereocenters. The van der Waals surface area contributed by atoms with Crippen molar-refractivity contribution in [2.24, 2.45) is 0 Å². The Balaban J connectivity index is 1.59. The molecule has 2 amide bonds. The van der Waals surface area contributed by atoms with Crippen LogP contribution in [-0.2, 0) is 32.6 Å². The van der Waals surface area contributed by atoms with Crippen LogP contribution in [0.3, 0.4) is 0 Å². The highest BCUT2D eigenvalue weighted by Gasteiger charge is 2.32. The van der Waals surface area contributed by atoms with Crippen LogP contribution < -0.4 is 9.62 Å². The van der Waals surface area contributed by atoms with Crippen molar-refractivity contribution < 1.29 is 22.4 Å². The molecule has 0 radical (unpaired) electrons. The van der Waals surface area contributed by atoms with Crippen LogP contribution in [0.15, 0.2) is 78.9 Å². The number of carbonyl (C=O) groups excluding carboxylic acids is 2. The number of hydrogen-bond donors (Lipinski definition) is 1. The molecular formula is C34H42FN3O4S. The maximum Gasteiger partial charge on any atom is 0.243 e. The van der Waals surface area contributed by atoms with E-state index in [0.29, 0.717) is 12.1 Å². The predicted octanol–water partition coefficient (Wildman–Crippen LogP) is 5.77. The van der Waals surface area contributed by atoms with Gasteiger partial charge < -0.3 is 10.2 Å². The molecule has 9 heteroatoms. The van der Waals surface area contributed by atoms with Crippen molar-refractivity contribution in [1.82, 2.24) is 10.2 Å². The van der Waals surface area contributed by atoms with Gasteiger partial charge in [0.2, 0.25) is 21.8 Å². The van der Waals surface area contributed by atoms with Crippen LogP contribution in [0.4, 0.5) is 10.1 Å². The molecule has 0 aliphatic heterocycles. The third-order valence-electron chi connectivity index (χ3n) is 8.09. The number of amides is 2. The second-order valence-electron chi connectivity index (χ2n) is 11.4. The van der Waals surface area contributed by atoms with Crippen LogP contribution in [0.5, 0.6) is 0 Å². The summed E-state index contributed by atoms with van der Waals surface area (Å²) in [5.41, 5.74) is 3.25. The Labute approximate surface area is 255 Å². The highest BCUT2D eigenvalue weighted by molar-refractivity contribution is 7.92. The first kappa shape index (κ1) is 32.2. The van der Waals surface area contributed by atoms with Crippen LogP contribution in [0.25, 0.3) is 0 Å². The first-order valence-electron chi connectivity index (χ1n) is 15.0. The van der Waals surface area contributed by atoms with E-state index in [2.05, 4.69) is 5.32 Å².